The SMILES string of the molecule is Cc1cc(Oc2ccccc2)nc(NC(=S)NC(C)(C)C)n1. The highest BCUT2D eigenvalue weighted by molar-refractivity contribution is 7.80. The van der Waals surface area contributed by atoms with E-state index in [2.05, 4.69) is 20.6 Å². The molecule has 0 aliphatic rings. The number of hydrogen-bond acceptors (Lipinski definition) is 4. The second kappa shape index (κ2) is 6.70. The van der Waals surface area contributed by atoms with Gasteiger partial charge in [-0.2, -0.15) is 4.98 Å². The van der Waals surface area contributed by atoms with E-state index in [0.29, 0.717) is 16.9 Å². The molecular formula is C16H20N4OS. The smallest absolute Gasteiger partial charge is 0.232 e. The molecule has 0 saturated carbocycles. The Hall–Kier alpha value is -2.21. The Morgan fingerprint density at radius 3 is 2.45 bits per heavy atom. The zero-order valence-electron chi connectivity index (χ0n) is 13.2. The molecule has 0 bridgehead atoms. The van der Waals surface area contributed by atoms with Crippen molar-refractivity contribution in [3.05, 3.63) is 42.1 Å². The molecule has 0 aliphatic carbocycles. The predicted molar refractivity (Wildman–Crippen MR) is 92.4 cm³/mol. The molecule has 1 aromatic heterocycles. The Balaban J connectivity index is 2.11. The molecule has 0 saturated heterocycles. The maximum absolute atomic E-state index is 5.73. The van der Waals surface area contributed by atoms with Crippen molar-refractivity contribution < 1.29 is 4.74 Å². The summed E-state index contributed by atoms with van der Waals surface area (Å²) in [4.78, 5) is 8.64. The summed E-state index contributed by atoms with van der Waals surface area (Å²) in [5, 5.41) is 6.62. The summed E-state index contributed by atoms with van der Waals surface area (Å²) in [5.41, 5.74) is 0.666. The Bertz CT molecular complexity index is 653. The van der Waals surface area contributed by atoms with Gasteiger partial charge in [0.2, 0.25) is 11.8 Å². The third-order valence-electron chi connectivity index (χ3n) is 2.51. The summed E-state index contributed by atoms with van der Waals surface area (Å²) in [5.74, 6) is 1.61. The number of thiocarbonyl (C=S) groups is 1. The Labute approximate surface area is 136 Å². The van der Waals surface area contributed by atoms with Crippen LogP contribution in [0, 0.1) is 6.92 Å². The number of anilines is 1. The Morgan fingerprint density at radius 2 is 1.82 bits per heavy atom. The highest BCUT2D eigenvalue weighted by Gasteiger charge is 2.12. The third kappa shape index (κ3) is 5.29. The molecule has 0 aliphatic heterocycles. The van der Waals surface area contributed by atoms with E-state index in [0.717, 1.165) is 11.4 Å². The maximum atomic E-state index is 5.73. The van der Waals surface area contributed by atoms with Crippen molar-refractivity contribution in [2.24, 2.45) is 0 Å². The minimum atomic E-state index is -0.128. The second-order valence-electron chi connectivity index (χ2n) is 5.92. The van der Waals surface area contributed by atoms with Gasteiger partial charge in [0.1, 0.15) is 5.75 Å². The van der Waals surface area contributed by atoms with Crippen LogP contribution < -0.4 is 15.4 Å². The van der Waals surface area contributed by atoms with E-state index in [1.165, 1.54) is 0 Å². The lowest BCUT2D eigenvalue weighted by atomic mass is 10.1. The van der Waals surface area contributed by atoms with E-state index in [1.54, 1.807) is 6.07 Å². The first-order valence-corrected chi connectivity index (χ1v) is 7.40. The quantitative estimate of drug-likeness (QED) is 0.843. The predicted octanol–water partition coefficient (Wildman–Crippen LogP) is 3.66. The number of para-hydroxylation sites is 1. The normalized spacial score (nSPS) is 10.9. The van der Waals surface area contributed by atoms with Gasteiger partial charge in [-0.3, -0.25) is 0 Å². The fourth-order valence-electron chi connectivity index (χ4n) is 1.73. The van der Waals surface area contributed by atoms with Gasteiger partial charge < -0.3 is 15.4 Å². The average molecular weight is 316 g/mol. The van der Waals surface area contributed by atoms with Crippen LogP contribution in [0.1, 0.15) is 26.5 Å². The van der Waals surface area contributed by atoms with E-state index < -0.39 is 0 Å². The van der Waals surface area contributed by atoms with Crippen LogP contribution in [0.3, 0.4) is 0 Å². The number of hydrogen-bond donors (Lipinski definition) is 2. The minimum absolute atomic E-state index is 0.128. The van der Waals surface area contributed by atoms with Crippen molar-refractivity contribution in [1.82, 2.24) is 15.3 Å². The third-order valence-corrected chi connectivity index (χ3v) is 2.71. The highest BCUT2D eigenvalue weighted by Crippen LogP contribution is 2.20. The van der Waals surface area contributed by atoms with Crippen molar-refractivity contribution in [3.8, 4) is 11.6 Å². The van der Waals surface area contributed by atoms with E-state index >= 15 is 0 Å². The number of benzene rings is 1. The van der Waals surface area contributed by atoms with Crippen LogP contribution in [-0.2, 0) is 0 Å². The van der Waals surface area contributed by atoms with Crippen LogP contribution in [0.4, 0.5) is 5.95 Å². The van der Waals surface area contributed by atoms with E-state index in [9.17, 15) is 0 Å². The van der Waals surface area contributed by atoms with Crippen LogP contribution in [0.2, 0.25) is 0 Å². The molecule has 2 N–H and O–H groups in total. The van der Waals surface area contributed by atoms with Gasteiger partial charge in [0.25, 0.3) is 0 Å². The molecule has 2 rings (SSSR count). The molecule has 0 spiro atoms. The van der Waals surface area contributed by atoms with Gasteiger partial charge >= 0.3 is 0 Å². The lowest BCUT2D eigenvalue weighted by Crippen LogP contribution is -2.43. The second-order valence-corrected chi connectivity index (χ2v) is 6.32. The summed E-state index contributed by atoms with van der Waals surface area (Å²) in [6, 6.07) is 11.3. The molecule has 0 atom stereocenters. The van der Waals surface area contributed by atoms with Gasteiger partial charge in [0.15, 0.2) is 5.11 Å². The van der Waals surface area contributed by atoms with Crippen LogP contribution >= 0.6 is 12.2 Å². The molecule has 2 aromatic rings. The fourth-order valence-corrected chi connectivity index (χ4v) is 2.13. The van der Waals surface area contributed by atoms with Crippen molar-refractivity contribution in [2.45, 2.75) is 33.2 Å². The number of aryl methyl sites for hydroxylation is 1. The molecule has 116 valence electrons. The van der Waals surface area contributed by atoms with Gasteiger partial charge in [0.05, 0.1) is 0 Å². The molecule has 0 fully saturated rings. The first-order valence-electron chi connectivity index (χ1n) is 6.99. The molecule has 0 amide bonds. The van der Waals surface area contributed by atoms with Crippen molar-refractivity contribution in [1.29, 1.82) is 0 Å². The number of aromatic nitrogens is 2. The van der Waals surface area contributed by atoms with Gasteiger partial charge in [-0.15, -0.1) is 0 Å². The van der Waals surface area contributed by atoms with Gasteiger partial charge in [-0.1, -0.05) is 18.2 Å². The van der Waals surface area contributed by atoms with Crippen molar-refractivity contribution in [2.75, 3.05) is 5.32 Å². The first kappa shape index (κ1) is 16.2. The Kier molecular flexibility index (Phi) is 4.92. The van der Waals surface area contributed by atoms with Crippen LogP contribution in [0.25, 0.3) is 0 Å². The molecule has 22 heavy (non-hydrogen) atoms. The van der Waals surface area contributed by atoms with Crippen LogP contribution in [-0.4, -0.2) is 20.6 Å². The summed E-state index contributed by atoms with van der Waals surface area (Å²) in [6.45, 7) is 7.97. The lowest BCUT2D eigenvalue weighted by Gasteiger charge is -2.22. The van der Waals surface area contributed by atoms with E-state index in [4.69, 9.17) is 17.0 Å². The van der Waals surface area contributed by atoms with Crippen LogP contribution in [0.15, 0.2) is 36.4 Å². The largest absolute Gasteiger partial charge is 0.439 e. The summed E-state index contributed by atoms with van der Waals surface area (Å²) in [6.07, 6.45) is 0. The monoisotopic (exact) mass is 316 g/mol. The molecule has 5 nitrogen and oxygen atoms in total. The lowest BCUT2D eigenvalue weighted by molar-refractivity contribution is 0.462. The first-order chi connectivity index (χ1) is 10.3. The van der Waals surface area contributed by atoms with Gasteiger partial charge in [-0.25, -0.2) is 4.98 Å². The van der Waals surface area contributed by atoms with Crippen molar-refractivity contribution in [3.63, 3.8) is 0 Å². The fraction of sp³-hybridized carbons (Fsp3) is 0.312. The van der Waals surface area contributed by atoms with E-state index in [1.807, 2.05) is 58.0 Å². The zero-order valence-corrected chi connectivity index (χ0v) is 14.0. The van der Waals surface area contributed by atoms with Crippen LogP contribution in [0.5, 0.6) is 11.6 Å². The zero-order chi connectivity index (χ0) is 16.2. The molecule has 1 aromatic carbocycles. The number of nitrogens with zero attached hydrogens (tertiary/aromatic N) is 2. The maximum Gasteiger partial charge on any atom is 0.232 e. The molecule has 6 heteroatoms. The van der Waals surface area contributed by atoms with Crippen molar-refractivity contribution >= 4 is 23.3 Å². The number of nitrogens with one attached hydrogen (secondary N) is 2. The summed E-state index contributed by atoms with van der Waals surface area (Å²) < 4.78 is 5.73. The molecule has 1 heterocycles. The highest BCUT2D eigenvalue weighted by atomic mass is 32.1. The molecular weight excluding hydrogens is 296 g/mol. The van der Waals surface area contributed by atoms with Gasteiger partial charge in [0, 0.05) is 17.3 Å². The number of rotatable bonds is 3. The minimum Gasteiger partial charge on any atom is -0.439 e. The number of ether oxygens (including phenoxy) is 1. The molecule has 0 radical (unpaired) electrons. The molecule has 0 unspecified atom stereocenters. The topological polar surface area (TPSA) is 59.1 Å². The Morgan fingerprint density at radius 1 is 1.14 bits per heavy atom. The van der Waals surface area contributed by atoms with E-state index in [-0.39, 0.29) is 5.54 Å². The average Bonchev–Trinajstić information content (AvgIpc) is 2.36. The van der Waals surface area contributed by atoms with Gasteiger partial charge in [-0.05, 0) is 52.0 Å². The summed E-state index contributed by atoms with van der Waals surface area (Å²) >= 11 is 5.26. The standard InChI is InChI=1S/C16H20N4OS/c1-11-10-13(21-12-8-6-5-7-9-12)18-14(17-11)19-15(22)20-16(2,3)4/h5-10H,1-4H3,(H2,17,18,19,20,22). The summed E-state index contributed by atoms with van der Waals surface area (Å²) in [7, 11) is 0.